The quantitative estimate of drug-likeness (QED) is 0.935. The van der Waals surface area contributed by atoms with Gasteiger partial charge in [-0.2, -0.15) is 5.10 Å². The second-order valence-corrected chi connectivity index (χ2v) is 5.75. The number of benzene rings is 2. The molecule has 23 heavy (non-hydrogen) atoms. The fraction of sp³-hybridized carbons (Fsp3) is 0.176. The van der Waals surface area contributed by atoms with E-state index >= 15 is 0 Å². The minimum absolute atomic E-state index is 0.656. The van der Waals surface area contributed by atoms with E-state index in [1.54, 1.807) is 26.0 Å². The van der Waals surface area contributed by atoms with Crippen LogP contribution in [0, 0.1) is 0 Å². The average molecular weight is 327 g/mol. The van der Waals surface area contributed by atoms with Crippen molar-refractivity contribution in [2.24, 2.45) is 10.1 Å². The second kappa shape index (κ2) is 7.19. The van der Waals surface area contributed by atoms with Crippen LogP contribution in [0.1, 0.15) is 5.56 Å². The van der Waals surface area contributed by atoms with Gasteiger partial charge in [-0.05, 0) is 17.7 Å². The largest absolute Gasteiger partial charge is 0.493 e. The molecule has 0 bridgehead atoms. The summed E-state index contributed by atoms with van der Waals surface area (Å²) in [5, 5.41) is 5.17. The summed E-state index contributed by atoms with van der Waals surface area (Å²) in [5.41, 5.74) is 5.94. The van der Waals surface area contributed by atoms with E-state index in [4.69, 9.17) is 9.47 Å². The third-order valence-electron chi connectivity index (χ3n) is 3.34. The SMILES string of the molecule is COc1ccc(N=C2NN=C(c3ccccc3)CS2)cc1OC. The lowest BCUT2D eigenvalue weighted by Crippen LogP contribution is -2.25. The molecule has 0 spiro atoms. The van der Waals surface area contributed by atoms with Gasteiger partial charge in [0, 0.05) is 11.8 Å². The summed E-state index contributed by atoms with van der Waals surface area (Å²) < 4.78 is 10.5. The van der Waals surface area contributed by atoms with Crippen LogP contribution in [0.4, 0.5) is 5.69 Å². The lowest BCUT2D eigenvalue weighted by atomic mass is 10.1. The van der Waals surface area contributed by atoms with Gasteiger partial charge in [-0.25, -0.2) is 4.99 Å². The molecule has 0 saturated heterocycles. The number of aliphatic imine (C=N–C) groups is 1. The van der Waals surface area contributed by atoms with E-state index in [1.807, 2.05) is 36.4 Å². The highest BCUT2D eigenvalue weighted by atomic mass is 32.2. The topological polar surface area (TPSA) is 55.2 Å². The molecule has 5 nitrogen and oxygen atoms in total. The zero-order valence-electron chi connectivity index (χ0n) is 12.9. The number of rotatable bonds is 4. The van der Waals surface area contributed by atoms with Gasteiger partial charge in [0.1, 0.15) is 0 Å². The van der Waals surface area contributed by atoms with Gasteiger partial charge in [0.2, 0.25) is 0 Å². The highest BCUT2D eigenvalue weighted by Gasteiger charge is 2.13. The summed E-state index contributed by atoms with van der Waals surface area (Å²) in [7, 11) is 3.22. The maximum Gasteiger partial charge on any atom is 0.182 e. The molecule has 0 saturated carbocycles. The number of ether oxygens (including phenoxy) is 2. The first-order valence-corrected chi connectivity index (χ1v) is 8.10. The molecule has 0 aliphatic carbocycles. The van der Waals surface area contributed by atoms with Crippen LogP contribution in [0.15, 0.2) is 58.6 Å². The van der Waals surface area contributed by atoms with Crippen molar-refractivity contribution < 1.29 is 9.47 Å². The smallest absolute Gasteiger partial charge is 0.182 e. The number of methoxy groups -OCH3 is 2. The first-order valence-electron chi connectivity index (χ1n) is 7.11. The molecule has 3 rings (SSSR count). The molecular formula is C17H17N3O2S. The number of nitrogens with zero attached hydrogens (tertiary/aromatic N) is 2. The van der Waals surface area contributed by atoms with E-state index < -0.39 is 0 Å². The number of hydrazone groups is 1. The zero-order chi connectivity index (χ0) is 16.1. The Bertz CT molecular complexity index is 745. The van der Waals surface area contributed by atoms with Gasteiger partial charge < -0.3 is 9.47 Å². The molecule has 0 aromatic heterocycles. The van der Waals surface area contributed by atoms with Crippen LogP contribution in [-0.4, -0.2) is 30.9 Å². The summed E-state index contributed by atoms with van der Waals surface area (Å²) in [6.45, 7) is 0. The Morgan fingerprint density at radius 1 is 1.04 bits per heavy atom. The van der Waals surface area contributed by atoms with E-state index in [-0.39, 0.29) is 0 Å². The number of amidine groups is 1. The molecule has 0 radical (unpaired) electrons. The van der Waals surface area contributed by atoms with E-state index in [1.165, 1.54) is 0 Å². The van der Waals surface area contributed by atoms with E-state index in [9.17, 15) is 0 Å². The van der Waals surface area contributed by atoms with E-state index in [0.29, 0.717) is 11.5 Å². The standard InChI is InChI=1S/C17H17N3O2S/c1-21-15-9-8-13(10-16(15)22-2)18-17-20-19-14(11-23-17)12-6-4-3-5-7-12/h3-10H,11H2,1-2H3,(H,18,20). The van der Waals surface area contributed by atoms with Gasteiger partial charge in [-0.1, -0.05) is 42.1 Å². The van der Waals surface area contributed by atoms with Crippen LogP contribution in [0.25, 0.3) is 0 Å². The lowest BCUT2D eigenvalue weighted by Gasteiger charge is -2.15. The Balaban J connectivity index is 1.77. The number of nitrogens with one attached hydrogen (secondary N) is 1. The Hall–Kier alpha value is -2.47. The molecule has 0 atom stereocenters. The fourth-order valence-corrected chi connectivity index (χ4v) is 2.95. The fourth-order valence-electron chi connectivity index (χ4n) is 2.16. The van der Waals surface area contributed by atoms with Crippen LogP contribution >= 0.6 is 11.8 Å². The van der Waals surface area contributed by atoms with Crippen molar-refractivity contribution >= 4 is 28.3 Å². The molecule has 2 aromatic carbocycles. The molecule has 6 heteroatoms. The van der Waals surface area contributed by atoms with Crippen molar-refractivity contribution in [1.82, 2.24) is 5.43 Å². The highest BCUT2D eigenvalue weighted by Crippen LogP contribution is 2.31. The zero-order valence-corrected chi connectivity index (χ0v) is 13.8. The van der Waals surface area contributed by atoms with E-state index in [0.717, 1.165) is 27.9 Å². The summed E-state index contributed by atoms with van der Waals surface area (Å²) in [5.74, 6) is 2.12. The molecule has 1 N–H and O–H groups in total. The monoisotopic (exact) mass is 327 g/mol. The molecule has 2 aromatic rings. The van der Waals surface area contributed by atoms with Crippen LogP contribution < -0.4 is 14.9 Å². The number of hydrogen-bond donors (Lipinski definition) is 1. The van der Waals surface area contributed by atoms with Gasteiger partial charge in [-0.15, -0.1) is 0 Å². The minimum atomic E-state index is 0.656. The Morgan fingerprint density at radius 3 is 2.48 bits per heavy atom. The van der Waals surface area contributed by atoms with Crippen molar-refractivity contribution in [1.29, 1.82) is 0 Å². The molecule has 118 valence electrons. The summed E-state index contributed by atoms with van der Waals surface area (Å²) >= 11 is 1.62. The van der Waals surface area contributed by atoms with Crippen LogP contribution in [0.2, 0.25) is 0 Å². The second-order valence-electron chi connectivity index (χ2n) is 4.78. The summed E-state index contributed by atoms with van der Waals surface area (Å²) in [6.07, 6.45) is 0. The first kappa shape index (κ1) is 15.4. The Labute approximate surface area is 139 Å². The molecule has 1 aliphatic heterocycles. The minimum Gasteiger partial charge on any atom is -0.493 e. The molecule has 1 heterocycles. The van der Waals surface area contributed by atoms with Gasteiger partial charge in [0.15, 0.2) is 16.7 Å². The van der Waals surface area contributed by atoms with Gasteiger partial charge >= 0.3 is 0 Å². The van der Waals surface area contributed by atoms with E-state index in [2.05, 4.69) is 27.7 Å². The first-order chi connectivity index (χ1) is 11.3. The molecular weight excluding hydrogens is 310 g/mol. The third-order valence-corrected chi connectivity index (χ3v) is 4.21. The van der Waals surface area contributed by atoms with Crippen LogP contribution in [0.5, 0.6) is 11.5 Å². The van der Waals surface area contributed by atoms with Crippen molar-refractivity contribution in [2.45, 2.75) is 0 Å². The van der Waals surface area contributed by atoms with Gasteiger partial charge in [-0.3, -0.25) is 5.43 Å². The number of hydrogen-bond acceptors (Lipinski definition) is 5. The number of thioether (sulfide) groups is 1. The Morgan fingerprint density at radius 2 is 1.83 bits per heavy atom. The highest BCUT2D eigenvalue weighted by molar-refractivity contribution is 8.14. The van der Waals surface area contributed by atoms with Crippen molar-refractivity contribution in [3.8, 4) is 11.5 Å². The van der Waals surface area contributed by atoms with Crippen molar-refractivity contribution in [3.63, 3.8) is 0 Å². The van der Waals surface area contributed by atoms with Crippen molar-refractivity contribution in [2.75, 3.05) is 20.0 Å². The molecule has 0 unspecified atom stereocenters. The van der Waals surface area contributed by atoms with Crippen molar-refractivity contribution in [3.05, 3.63) is 54.1 Å². The predicted octanol–water partition coefficient (Wildman–Crippen LogP) is 3.43. The average Bonchev–Trinajstić information content (AvgIpc) is 2.63. The molecule has 0 amide bonds. The normalized spacial score (nSPS) is 15.7. The lowest BCUT2D eigenvalue weighted by molar-refractivity contribution is 0.355. The molecule has 0 fully saturated rings. The van der Waals surface area contributed by atoms with Crippen LogP contribution in [-0.2, 0) is 0 Å². The maximum atomic E-state index is 5.29. The molecule has 1 aliphatic rings. The third kappa shape index (κ3) is 3.65. The maximum absolute atomic E-state index is 5.29. The Kier molecular flexibility index (Phi) is 4.83. The summed E-state index contributed by atoms with van der Waals surface area (Å²) in [6, 6.07) is 15.7. The van der Waals surface area contributed by atoms with Gasteiger partial charge in [0.25, 0.3) is 0 Å². The predicted molar refractivity (Wildman–Crippen MR) is 95.2 cm³/mol. The summed E-state index contributed by atoms with van der Waals surface area (Å²) in [4.78, 5) is 4.56. The van der Waals surface area contributed by atoms with Gasteiger partial charge in [0.05, 0.1) is 25.6 Å². The van der Waals surface area contributed by atoms with Crippen LogP contribution in [0.3, 0.4) is 0 Å².